The molecule has 178 valence electrons. The summed E-state index contributed by atoms with van der Waals surface area (Å²) in [5.41, 5.74) is 0. The summed E-state index contributed by atoms with van der Waals surface area (Å²) in [5, 5.41) is 0.831. The molecule has 1 saturated heterocycles. The average molecular weight is 522 g/mol. The lowest BCUT2D eigenvalue weighted by Gasteiger charge is -2.21. The molecule has 0 amide bonds. The zero-order chi connectivity index (χ0) is 20.6. The molecule has 0 aliphatic carbocycles. The maximum absolute atomic E-state index is 2.47. The van der Waals surface area contributed by atoms with Crippen molar-refractivity contribution in [1.82, 2.24) is 9.80 Å². The first-order valence-electron chi connectivity index (χ1n) is 12.7. The third-order valence-electron chi connectivity index (χ3n) is 6.23. The number of rotatable bonds is 18. The summed E-state index contributed by atoms with van der Waals surface area (Å²) in [6.45, 7) is 4.61. The van der Waals surface area contributed by atoms with E-state index in [-0.39, 0.29) is 17.0 Å². The van der Waals surface area contributed by atoms with Gasteiger partial charge in [0.1, 0.15) is 0 Å². The van der Waals surface area contributed by atoms with Crippen LogP contribution in [0.25, 0.3) is 0 Å². The van der Waals surface area contributed by atoms with Gasteiger partial charge in [0.05, 0.1) is 11.3 Å². The molecular formula is C25H49BrN2S2. The largest absolute Gasteiger partial charge is 0.362 e. The molecular weight excluding hydrogens is 472 g/mol. The maximum atomic E-state index is 2.47. The van der Waals surface area contributed by atoms with Gasteiger partial charge in [0.25, 0.3) is 0 Å². The minimum Gasteiger partial charge on any atom is -0.362 e. The fourth-order valence-corrected chi connectivity index (χ4v) is 7.86. The number of halogens is 1. The number of unbranched alkanes of at least 4 members (excludes halogenated alkanes) is 14. The smallest absolute Gasteiger partial charge is 0.0891 e. The Kier molecular flexibility index (Phi) is 18.1. The highest BCUT2D eigenvalue weighted by Crippen LogP contribution is 2.41. The molecule has 0 spiro atoms. The number of thioether (sulfide) groups is 2. The lowest BCUT2D eigenvalue weighted by molar-refractivity contribution is 0.300. The second-order valence-electron chi connectivity index (χ2n) is 9.23. The lowest BCUT2D eigenvalue weighted by Crippen LogP contribution is -2.29. The van der Waals surface area contributed by atoms with E-state index in [0.717, 1.165) is 16.5 Å². The van der Waals surface area contributed by atoms with Crippen molar-refractivity contribution in [3.8, 4) is 0 Å². The van der Waals surface area contributed by atoms with Gasteiger partial charge in [-0.1, -0.05) is 103 Å². The summed E-state index contributed by atoms with van der Waals surface area (Å²) in [7, 11) is 2.16. The fraction of sp³-hybridized carbons (Fsp3) is 0.920. The summed E-state index contributed by atoms with van der Waals surface area (Å²) in [6, 6.07) is 0. The van der Waals surface area contributed by atoms with E-state index < -0.39 is 0 Å². The maximum Gasteiger partial charge on any atom is 0.0891 e. The van der Waals surface area contributed by atoms with Crippen LogP contribution in [0.4, 0.5) is 0 Å². The van der Waals surface area contributed by atoms with Crippen LogP contribution in [-0.4, -0.2) is 45.6 Å². The Morgan fingerprint density at radius 3 is 1.80 bits per heavy atom. The van der Waals surface area contributed by atoms with E-state index in [1.807, 2.05) is 0 Å². The van der Waals surface area contributed by atoms with Gasteiger partial charge < -0.3 is 9.80 Å². The molecule has 5 heteroatoms. The van der Waals surface area contributed by atoms with E-state index >= 15 is 0 Å². The van der Waals surface area contributed by atoms with Gasteiger partial charge in [-0.25, -0.2) is 0 Å². The Morgan fingerprint density at radius 2 is 1.30 bits per heavy atom. The Hall–Kier alpha value is 0.520. The molecule has 2 aliphatic rings. The molecule has 0 aromatic heterocycles. The van der Waals surface area contributed by atoms with Crippen LogP contribution in [0.15, 0.2) is 12.4 Å². The van der Waals surface area contributed by atoms with Gasteiger partial charge in [0.2, 0.25) is 0 Å². The van der Waals surface area contributed by atoms with Gasteiger partial charge in [-0.05, 0) is 6.42 Å². The van der Waals surface area contributed by atoms with Gasteiger partial charge in [0.15, 0.2) is 0 Å². The zero-order valence-corrected chi connectivity index (χ0v) is 23.2. The molecule has 0 aromatic rings. The quantitative estimate of drug-likeness (QED) is 0.166. The summed E-state index contributed by atoms with van der Waals surface area (Å²) in [6.07, 6.45) is 27.8. The minimum atomic E-state index is 0. The van der Waals surface area contributed by atoms with Crippen molar-refractivity contribution >= 4 is 40.5 Å². The van der Waals surface area contributed by atoms with Crippen molar-refractivity contribution in [2.75, 3.05) is 26.0 Å². The first kappa shape index (κ1) is 28.6. The summed E-state index contributed by atoms with van der Waals surface area (Å²) in [5.74, 6) is 1.35. The molecule has 2 nitrogen and oxygen atoms in total. The molecule has 2 rings (SSSR count). The molecule has 2 aliphatic heterocycles. The van der Waals surface area contributed by atoms with Gasteiger partial charge in [-0.2, -0.15) is 0 Å². The predicted octanol–water partition coefficient (Wildman–Crippen LogP) is 8.68. The van der Waals surface area contributed by atoms with Crippen LogP contribution in [0, 0.1) is 0 Å². The molecule has 2 heterocycles. The molecule has 1 fully saturated rings. The molecule has 2 unspecified atom stereocenters. The first-order valence-corrected chi connectivity index (χ1v) is 14.7. The van der Waals surface area contributed by atoms with Gasteiger partial charge in [0, 0.05) is 37.0 Å². The van der Waals surface area contributed by atoms with Crippen molar-refractivity contribution in [2.24, 2.45) is 0 Å². The topological polar surface area (TPSA) is 6.48 Å². The van der Waals surface area contributed by atoms with Crippen LogP contribution >= 0.6 is 40.5 Å². The fourth-order valence-electron chi connectivity index (χ4n) is 4.41. The predicted molar refractivity (Wildman–Crippen MR) is 146 cm³/mol. The van der Waals surface area contributed by atoms with E-state index in [1.54, 1.807) is 0 Å². The van der Waals surface area contributed by atoms with Crippen molar-refractivity contribution in [3.05, 3.63) is 12.4 Å². The summed E-state index contributed by atoms with van der Waals surface area (Å²) < 4.78 is 0.867. The second kappa shape index (κ2) is 19.0. The Balaban J connectivity index is 0.00000450. The molecule has 30 heavy (non-hydrogen) atoms. The minimum absolute atomic E-state index is 0. The average Bonchev–Trinajstić information content (AvgIpc) is 3.33. The van der Waals surface area contributed by atoms with E-state index in [2.05, 4.69) is 59.7 Å². The highest BCUT2D eigenvalue weighted by Gasteiger charge is 2.27. The van der Waals surface area contributed by atoms with Gasteiger partial charge in [-0.3, -0.25) is 0 Å². The van der Waals surface area contributed by atoms with Crippen LogP contribution in [0.3, 0.4) is 0 Å². The highest BCUT2D eigenvalue weighted by atomic mass is 79.9. The van der Waals surface area contributed by atoms with E-state index in [0.29, 0.717) is 0 Å². The summed E-state index contributed by atoms with van der Waals surface area (Å²) in [4.78, 5) is 4.73. The third kappa shape index (κ3) is 13.8. The number of hydrogen-bond acceptors (Lipinski definition) is 4. The second-order valence-corrected chi connectivity index (χ2v) is 12.3. The van der Waals surface area contributed by atoms with E-state index in [4.69, 9.17) is 0 Å². The standard InChI is InChI=1S/C25H48N2S2.BrH/c1-3-4-5-6-7-8-9-10-11-12-13-14-15-16-17-18-25-28-22-24(29-25)21-27-20-19-26(2)23-27;/h19-20,24-25H,3-18,21-23H2,1-2H3;1H. The third-order valence-corrected chi connectivity index (χ3v) is 9.63. The summed E-state index contributed by atoms with van der Waals surface area (Å²) >= 11 is 4.47. The van der Waals surface area contributed by atoms with Crippen LogP contribution in [-0.2, 0) is 0 Å². The van der Waals surface area contributed by atoms with Crippen molar-refractivity contribution in [2.45, 2.75) is 119 Å². The SMILES string of the molecule is Br.CCCCCCCCCCCCCCCCCC1SCC(CN2C=CN(C)C2)S1. The molecule has 0 bridgehead atoms. The van der Waals surface area contributed by atoms with Gasteiger partial charge >= 0.3 is 0 Å². The van der Waals surface area contributed by atoms with Crippen molar-refractivity contribution < 1.29 is 0 Å². The molecule has 2 atom stereocenters. The van der Waals surface area contributed by atoms with Crippen LogP contribution in [0.5, 0.6) is 0 Å². The Bertz CT molecular complexity index is 422. The first-order chi connectivity index (χ1) is 14.3. The van der Waals surface area contributed by atoms with E-state index in [1.165, 1.54) is 115 Å². The van der Waals surface area contributed by atoms with Crippen LogP contribution in [0.1, 0.15) is 110 Å². The van der Waals surface area contributed by atoms with E-state index in [9.17, 15) is 0 Å². The molecule has 0 radical (unpaired) electrons. The Morgan fingerprint density at radius 1 is 0.767 bits per heavy atom. The van der Waals surface area contributed by atoms with Crippen molar-refractivity contribution in [1.29, 1.82) is 0 Å². The lowest BCUT2D eigenvalue weighted by atomic mass is 10.0. The molecule has 0 saturated carbocycles. The molecule has 0 aromatic carbocycles. The molecule has 0 N–H and O–H groups in total. The Labute approximate surface area is 207 Å². The van der Waals surface area contributed by atoms with Crippen molar-refractivity contribution in [3.63, 3.8) is 0 Å². The number of hydrogen-bond donors (Lipinski definition) is 0. The zero-order valence-electron chi connectivity index (χ0n) is 19.9. The monoisotopic (exact) mass is 520 g/mol. The van der Waals surface area contributed by atoms with Crippen LogP contribution in [0.2, 0.25) is 0 Å². The van der Waals surface area contributed by atoms with Crippen LogP contribution < -0.4 is 0 Å². The highest BCUT2D eigenvalue weighted by molar-refractivity contribution is 8.93. The van der Waals surface area contributed by atoms with Gasteiger partial charge in [-0.15, -0.1) is 40.5 Å². The number of nitrogens with zero attached hydrogens (tertiary/aromatic N) is 2. The normalized spacial score (nSPS) is 20.9.